The van der Waals surface area contributed by atoms with Gasteiger partial charge < -0.3 is 5.11 Å². The Morgan fingerprint density at radius 1 is 0.962 bits per heavy atom. The van der Waals surface area contributed by atoms with Gasteiger partial charge in [-0.2, -0.15) is 0 Å². The number of carboxylic acid groups (broad SMARTS) is 1. The average Bonchev–Trinajstić information content (AvgIpc) is 3.03. The van der Waals surface area contributed by atoms with E-state index in [0.717, 1.165) is 17.0 Å². The van der Waals surface area contributed by atoms with Crippen LogP contribution in [0.2, 0.25) is 0 Å². The van der Waals surface area contributed by atoms with Crippen molar-refractivity contribution in [2.75, 3.05) is 5.43 Å². The summed E-state index contributed by atoms with van der Waals surface area (Å²) in [7, 11) is 0. The summed E-state index contributed by atoms with van der Waals surface area (Å²) in [4.78, 5) is 23.7. The summed E-state index contributed by atoms with van der Waals surface area (Å²) in [5, 5.41) is 8.98. The van der Waals surface area contributed by atoms with Gasteiger partial charge in [0, 0.05) is 22.2 Å². The fraction of sp³-hybridized carbons (Fsp3) is 0.100. The highest BCUT2D eigenvalue weighted by Gasteiger charge is 2.16. The molecule has 0 aliphatic carbocycles. The van der Waals surface area contributed by atoms with E-state index in [1.165, 1.54) is 0 Å². The molecule has 0 bridgehead atoms. The highest BCUT2D eigenvalue weighted by atomic mass is 79.9. The number of carboxylic acids is 1. The third kappa shape index (κ3) is 4.03. The van der Waals surface area contributed by atoms with Crippen LogP contribution in [-0.4, -0.2) is 21.7 Å². The van der Waals surface area contributed by atoms with E-state index >= 15 is 0 Å². The van der Waals surface area contributed by atoms with Crippen LogP contribution >= 0.6 is 15.9 Å². The van der Waals surface area contributed by atoms with Crippen molar-refractivity contribution in [2.45, 2.75) is 12.8 Å². The van der Waals surface area contributed by atoms with Gasteiger partial charge in [0.05, 0.1) is 17.7 Å². The summed E-state index contributed by atoms with van der Waals surface area (Å²) in [6.45, 7) is 0. The second kappa shape index (κ2) is 8.01. The molecular weight excluding hydrogens is 396 g/mol. The Kier molecular flexibility index (Phi) is 5.53. The summed E-state index contributed by atoms with van der Waals surface area (Å²) in [6.07, 6.45) is 0.307. The van der Waals surface area contributed by atoms with Crippen LogP contribution in [0.4, 0.5) is 0 Å². The molecule has 0 aliphatic rings. The van der Waals surface area contributed by atoms with Gasteiger partial charge in [0.1, 0.15) is 0 Å². The largest absolute Gasteiger partial charge is 0.481 e. The molecule has 0 atom stereocenters. The first-order valence-electron chi connectivity index (χ1n) is 8.10. The van der Waals surface area contributed by atoms with E-state index in [4.69, 9.17) is 5.11 Å². The normalized spacial score (nSPS) is 10.5. The third-order valence-corrected chi connectivity index (χ3v) is 4.65. The van der Waals surface area contributed by atoms with Crippen molar-refractivity contribution in [3.05, 3.63) is 82.5 Å². The second-order valence-electron chi connectivity index (χ2n) is 5.73. The number of aliphatic carboxylic acids is 1. The molecule has 0 radical (unpaired) electrons. The monoisotopic (exact) mass is 412 g/mol. The number of carbonyl (C=O) groups is 2. The molecule has 26 heavy (non-hydrogen) atoms. The molecule has 0 aliphatic heterocycles. The Morgan fingerprint density at radius 3 is 2.35 bits per heavy atom. The average molecular weight is 413 g/mol. The molecule has 132 valence electrons. The smallest absolute Gasteiger partial charge is 0.303 e. The lowest BCUT2D eigenvalue weighted by molar-refractivity contribution is -0.136. The SMILES string of the molecule is O=C(O)CCc1ccc(-c2ccccc2)n1NC(=O)c1ccccc1Br. The van der Waals surface area contributed by atoms with Crippen LogP contribution in [-0.2, 0) is 11.2 Å². The molecule has 1 amide bonds. The number of amides is 1. The summed E-state index contributed by atoms with van der Waals surface area (Å²) in [6, 6.07) is 20.5. The van der Waals surface area contributed by atoms with E-state index < -0.39 is 5.97 Å². The molecular formula is C20H17BrN2O3. The number of rotatable bonds is 6. The van der Waals surface area contributed by atoms with Gasteiger partial charge in [0.25, 0.3) is 5.91 Å². The van der Waals surface area contributed by atoms with E-state index in [0.29, 0.717) is 16.5 Å². The first-order chi connectivity index (χ1) is 12.6. The van der Waals surface area contributed by atoms with Crippen molar-refractivity contribution < 1.29 is 14.7 Å². The van der Waals surface area contributed by atoms with E-state index in [9.17, 15) is 9.59 Å². The fourth-order valence-corrected chi connectivity index (χ4v) is 3.15. The summed E-state index contributed by atoms with van der Waals surface area (Å²) >= 11 is 3.38. The maximum Gasteiger partial charge on any atom is 0.303 e. The Balaban J connectivity index is 1.97. The first-order valence-corrected chi connectivity index (χ1v) is 8.89. The van der Waals surface area contributed by atoms with Crippen LogP contribution in [0.25, 0.3) is 11.3 Å². The standard InChI is InChI=1S/C20H17BrN2O3/c21-17-9-5-4-8-16(17)20(26)22-23-15(11-13-19(24)25)10-12-18(23)14-6-2-1-3-7-14/h1-10,12H,11,13H2,(H,22,26)(H,24,25). The minimum Gasteiger partial charge on any atom is -0.481 e. The topological polar surface area (TPSA) is 71.3 Å². The van der Waals surface area contributed by atoms with Crippen molar-refractivity contribution in [3.63, 3.8) is 0 Å². The molecule has 2 N–H and O–H groups in total. The molecule has 0 spiro atoms. The molecule has 0 saturated carbocycles. The van der Waals surface area contributed by atoms with Gasteiger partial charge in [-0.3, -0.25) is 19.7 Å². The lowest BCUT2D eigenvalue weighted by Gasteiger charge is -2.15. The Hall–Kier alpha value is -2.86. The van der Waals surface area contributed by atoms with Crippen molar-refractivity contribution in [3.8, 4) is 11.3 Å². The molecule has 2 aromatic carbocycles. The molecule has 3 aromatic rings. The Labute approximate surface area is 159 Å². The molecule has 6 heteroatoms. The quantitative estimate of drug-likeness (QED) is 0.633. The predicted octanol–water partition coefficient (Wildman–Crippen LogP) is 4.32. The fourth-order valence-electron chi connectivity index (χ4n) is 2.68. The van der Waals surface area contributed by atoms with Crippen molar-refractivity contribution in [1.82, 2.24) is 4.68 Å². The molecule has 0 saturated heterocycles. The molecule has 0 unspecified atom stereocenters. The number of aryl methyl sites for hydroxylation is 1. The molecule has 1 aromatic heterocycles. The first kappa shape index (κ1) is 17.9. The number of nitrogens with one attached hydrogen (secondary N) is 1. The Bertz CT molecular complexity index is 935. The number of aromatic nitrogens is 1. The zero-order chi connectivity index (χ0) is 18.5. The number of nitrogens with zero attached hydrogens (tertiary/aromatic N) is 1. The molecule has 0 fully saturated rings. The van der Waals surface area contributed by atoms with Crippen molar-refractivity contribution in [1.29, 1.82) is 0 Å². The summed E-state index contributed by atoms with van der Waals surface area (Å²) in [5.41, 5.74) is 5.86. The predicted molar refractivity (Wildman–Crippen MR) is 104 cm³/mol. The zero-order valence-electron chi connectivity index (χ0n) is 13.9. The molecule has 5 nitrogen and oxygen atoms in total. The van der Waals surface area contributed by atoms with Gasteiger partial charge in [-0.1, -0.05) is 42.5 Å². The summed E-state index contributed by atoms with van der Waals surface area (Å²) < 4.78 is 2.36. The Morgan fingerprint density at radius 2 is 1.65 bits per heavy atom. The van der Waals surface area contributed by atoms with E-state index in [1.54, 1.807) is 22.9 Å². The second-order valence-corrected chi connectivity index (χ2v) is 6.58. The van der Waals surface area contributed by atoms with Gasteiger partial charge >= 0.3 is 5.97 Å². The van der Waals surface area contributed by atoms with Crippen LogP contribution in [0.1, 0.15) is 22.5 Å². The minimum absolute atomic E-state index is 0.0108. The van der Waals surface area contributed by atoms with Gasteiger partial charge in [-0.25, -0.2) is 0 Å². The zero-order valence-corrected chi connectivity index (χ0v) is 15.4. The van der Waals surface area contributed by atoms with Gasteiger partial charge in [-0.05, 0) is 40.2 Å². The lowest BCUT2D eigenvalue weighted by Crippen LogP contribution is -2.25. The van der Waals surface area contributed by atoms with E-state index in [2.05, 4.69) is 21.4 Å². The number of carbonyl (C=O) groups excluding carboxylic acids is 1. The maximum atomic E-state index is 12.7. The van der Waals surface area contributed by atoms with E-state index in [1.807, 2.05) is 48.5 Å². The summed E-state index contributed by atoms with van der Waals surface area (Å²) in [5.74, 6) is -1.15. The van der Waals surface area contributed by atoms with Gasteiger partial charge in [0.15, 0.2) is 0 Å². The number of halogens is 1. The van der Waals surface area contributed by atoms with Crippen molar-refractivity contribution >= 4 is 27.8 Å². The molecule has 3 rings (SSSR count). The van der Waals surface area contributed by atoms with Gasteiger partial charge in [0.2, 0.25) is 0 Å². The molecule has 1 heterocycles. The van der Waals surface area contributed by atoms with Crippen LogP contribution in [0.3, 0.4) is 0 Å². The van der Waals surface area contributed by atoms with Crippen LogP contribution < -0.4 is 5.43 Å². The van der Waals surface area contributed by atoms with E-state index in [-0.39, 0.29) is 12.3 Å². The highest BCUT2D eigenvalue weighted by molar-refractivity contribution is 9.10. The number of hydrogen-bond donors (Lipinski definition) is 2. The maximum absolute atomic E-state index is 12.7. The van der Waals surface area contributed by atoms with Crippen LogP contribution in [0, 0.1) is 0 Å². The van der Waals surface area contributed by atoms with Crippen molar-refractivity contribution in [2.24, 2.45) is 0 Å². The third-order valence-electron chi connectivity index (χ3n) is 3.96. The van der Waals surface area contributed by atoms with Gasteiger partial charge in [-0.15, -0.1) is 0 Å². The highest BCUT2D eigenvalue weighted by Crippen LogP contribution is 2.23. The van der Waals surface area contributed by atoms with Crippen LogP contribution in [0.5, 0.6) is 0 Å². The number of benzene rings is 2. The number of hydrogen-bond acceptors (Lipinski definition) is 2. The van der Waals surface area contributed by atoms with Crippen LogP contribution in [0.15, 0.2) is 71.2 Å². The lowest BCUT2D eigenvalue weighted by atomic mass is 10.2. The minimum atomic E-state index is -0.879.